The van der Waals surface area contributed by atoms with Gasteiger partial charge >= 0.3 is 0 Å². The molecule has 2 N–H and O–H groups in total. The number of ketones is 1. The molecule has 13 heavy (non-hydrogen) atoms. The average Bonchev–Trinajstić information content (AvgIpc) is 2.60. The van der Waals surface area contributed by atoms with Gasteiger partial charge in [-0.1, -0.05) is 0 Å². The van der Waals surface area contributed by atoms with E-state index in [1.54, 1.807) is 18.5 Å². The Morgan fingerprint density at radius 1 is 1.54 bits per heavy atom. The van der Waals surface area contributed by atoms with Crippen LogP contribution in [-0.4, -0.2) is 31.9 Å². The summed E-state index contributed by atoms with van der Waals surface area (Å²) in [4.78, 5) is 15.1. The van der Waals surface area contributed by atoms with E-state index in [9.17, 15) is 4.79 Å². The summed E-state index contributed by atoms with van der Waals surface area (Å²) < 4.78 is 1.51. The lowest BCUT2D eigenvalue weighted by molar-refractivity contribution is 0.0990. The molecule has 0 unspecified atom stereocenters. The van der Waals surface area contributed by atoms with E-state index < -0.39 is 0 Å². The van der Waals surface area contributed by atoms with E-state index >= 15 is 0 Å². The molecule has 6 heteroatoms. The van der Waals surface area contributed by atoms with Gasteiger partial charge in [-0.05, 0) is 6.07 Å². The minimum absolute atomic E-state index is 0.0737. The Morgan fingerprint density at radius 2 is 2.38 bits per heavy atom. The molecule has 6 nitrogen and oxygen atoms in total. The molecule has 0 saturated heterocycles. The molecule has 0 spiro atoms. The van der Waals surface area contributed by atoms with Crippen LogP contribution in [0.3, 0.4) is 0 Å². The summed E-state index contributed by atoms with van der Waals surface area (Å²) in [6.45, 7) is -0.0737. The first kappa shape index (κ1) is 7.81. The third kappa shape index (κ3) is 1.17. The molecule has 0 bridgehead atoms. The topological polar surface area (TPSA) is 86.2 Å². The lowest BCUT2D eigenvalue weighted by Gasteiger charge is -1.93. The first-order chi connectivity index (χ1) is 6.33. The van der Waals surface area contributed by atoms with E-state index in [1.807, 2.05) is 0 Å². The Kier molecular flexibility index (Phi) is 1.75. The van der Waals surface area contributed by atoms with Crippen LogP contribution < -0.4 is 5.73 Å². The Labute approximate surface area is 73.4 Å². The molecule has 2 rings (SSSR count). The second-order valence-electron chi connectivity index (χ2n) is 2.44. The number of rotatable bonds is 2. The smallest absolute Gasteiger partial charge is 0.255 e. The fourth-order valence-electron chi connectivity index (χ4n) is 1.02. The van der Waals surface area contributed by atoms with Crippen molar-refractivity contribution in [1.82, 2.24) is 19.6 Å². The molecule has 2 aromatic rings. The Bertz CT molecular complexity index is 449. The summed E-state index contributed by atoms with van der Waals surface area (Å²) >= 11 is 0. The quantitative estimate of drug-likeness (QED) is 0.611. The van der Waals surface area contributed by atoms with Crippen LogP contribution in [0.15, 0.2) is 18.5 Å². The molecule has 0 amide bonds. The number of hydrogen-bond acceptors (Lipinski definition) is 5. The van der Waals surface area contributed by atoms with Gasteiger partial charge in [0.2, 0.25) is 11.6 Å². The predicted molar refractivity (Wildman–Crippen MR) is 44.2 cm³/mol. The second-order valence-corrected chi connectivity index (χ2v) is 2.44. The van der Waals surface area contributed by atoms with Crippen LogP contribution in [0.4, 0.5) is 0 Å². The van der Waals surface area contributed by atoms with Crippen LogP contribution in [0.1, 0.15) is 10.6 Å². The molecule has 0 aliphatic carbocycles. The highest BCUT2D eigenvalue weighted by atomic mass is 16.1. The molecule has 0 fully saturated rings. The molecule has 2 aromatic heterocycles. The molecule has 0 saturated carbocycles. The van der Waals surface area contributed by atoms with Crippen molar-refractivity contribution in [3.05, 3.63) is 24.3 Å². The molecule has 0 atom stereocenters. The largest absolute Gasteiger partial charge is 0.324 e. The number of hydrogen-bond donors (Lipinski definition) is 1. The normalized spacial score (nSPS) is 10.5. The molecule has 0 aromatic carbocycles. The van der Waals surface area contributed by atoms with Crippen molar-refractivity contribution >= 4 is 11.6 Å². The van der Waals surface area contributed by atoms with Crippen molar-refractivity contribution in [2.75, 3.05) is 6.54 Å². The van der Waals surface area contributed by atoms with Crippen LogP contribution in [-0.2, 0) is 0 Å². The summed E-state index contributed by atoms with van der Waals surface area (Å²) in [5.74, 6) is 0.380. The maximum absolute atomic E-state index is 11.2. The highest BCUT2D eigenvalue weighted by molar-refractivity contribution is 5.94. The molecular weight excluding hydrogens is 170 g/mol. The van der Waals surface area contributed by atoms with Gasteiger partial charge in [-0.2, -0.15) is 0 Å². The van der Waals surface area contributed by atoms with Crippen molar-refractivity contribution in [2.24, 2.45) is 5.73 Å². The minimum Gasteiger partial charge on any atom is -0.324 e. The van der Waals surface area contributed by atoms with Crippen molar-refractivity contribution in [3.63, 3.8) is 0 Å². The van der Waals surface area contributed by atoms with Crippen molar-refractivity contribution in [2.45, 2.75) is 0 Å². The molecule has 0 radical (unpaired) electrons. The molecule has 0 aliphatic rings. The number of nitrogens with two attached hydrogens (primary N) is 1. The van der Waals surface area contributed by atoms with Crippen LogP contribution in [0.2, 0.25) is 0 Å². The van der Waals surface area contributed by atoms with Gasteiger partial charge in [0.05, 0.1) is 6.54 Å². The highest BCUT2D eigenvalue weighted by Gasteiger charge is 2.11. The van der Waals surface area contributed by atoms with Crippen LogP contribution >= 0.6 is 0 Å². The number of aromatic nitrogens is 4. The highest BCUT2D eigenvalue weighted by Crippen LogP contribution is 1.99. The lowest BCUT2D eigenvalue weighted by Crippen LogP contribution is -2.16. The first-order valence-electron chi connectivity index (χ1n) is 3.72. The third-order valence-electron chi connectivity index (χ3n) is 1.62. The van der Waals surface area contributed by atoms with E-state index in [2.05, 4.69) is 15.2 Å². The zero-order valence-corrected chi connectivity index (χ0v) is 6.71. The molecule has 66 valence electrons. The summed E-state index contributed by atoms with van der Waals surface area (Å²) in [6, 6.07) is 1.70. The van der Waals surface area contributed by atoms with Gasteiger partial charge in [-0.15, -0.1) is 10.2 Å². The van der Waals surface area contributed by atoms with Crippen LogP contribution in [0.5, 0.6) is 0 Å². The van der Waals surface area contributed by atoms with E-state index in [-0.39, 0.29) is 18.2 Å². The van der Waals surface area contributed by atoms with Crippen molar-refractivity contribution in [1.29, 1.82) is 0 Å². The van der Waals surface area contributed by atoms with E-state index in [0.717, 1.165) is 0 Å². The van der Waals surface area contributed by atoms with Gasteiger partial charge in [-0.3, -0.25) is 9.20 Å². The fraction of sp³-hybridized carbons (Fsp3) is 0.143. The Morgan fingerprint density at radius 3 is 3.15 bits per heavy atom. The Hall–Kier alpha value is -1.82. The maximum Gasteiger partial charge on any atom is 0.255 e. The van der Waals surface area contributed by atoms with Crippen molar-refractivity contribution in [3.8, 4) is 0 Å². The predicted octanol–water partition coefficient (Wildman–Crippen LogP) is -0.734. The van der Waals surface area contributed by atoms with Crippen molar-refractivity contribution < 1.29 is 4.79 Å². The summed E-state index contributed by atoms with van der Waals surface area (Å²) in [5, 5.41) is 7.40. The number of carbonyl (C=O) groups is 1. The minimum atomic E-state index is -0.250. The number of nitrogens with zero attached hydrogens (tertiary/aromatic N) is 4. The fourth-order valence-corrected chi connectivity index (χ4v) is 1.02. The first-order valence-corrected chi connectivity index (χ1v) is 3.72. The Balaban J connectivity index is 2.64. The third-order valence-corrected chi connectivity index (χ3v) is 1.62. The van der Waals surface area contributed by atoms with E-state index in [0.29, 0.717) is 5.78 Å². The number of carbonyl (C=O) groups excluding carboxylic acids is 1. The lowest BCUT2D eigenvalue weighted by atomic mass is 10.4. The maximum atomic E-state index is 11.2. The van der Waals surface area contributed by atoms with E-state index in [1.165, 1.54) is 4.40 Å². The van der Waals surface area contributed by atoms with Gasteiger partial charge in [0.25, 0.3) is 5.78 Å². The van der Waals surface area contributed by atoms with Gasteiger partial charge in [-0.25, -0.2) is 4.98 Å². The van der Waals surface area contributed by atoms with Gasteiger partial charge in [0.15, 0.2) is 0 Å². The monoisotopic (exact) mass is 177 g/mol. The summed E-state index contributed by atoms with van der Waals surface area (Å²) in [6.07, 6.45) is 3.26. The van der Waals surface area contributed by atoms with Gasteiger partial charge in [0.1, 0.15) is 0 Å². The number of fused-ring (bicyclic) bond motifs is 1. The molecular formula is C7H7N5O. The molecule has 0 aliphatic heterocycles. The second kappa shape index (κ2) is 2.91. The van der Waals surface area contributed by atoms with Crippen LogP contribution in [0.25, 0.3) is 5.78 Å². The standard InChI is InChI=1S/C7H7N5O/c8-4-5(13)6-10-11-7-9-2-1-3-12(6)7/h1-3H,4,8H2. The van der Waals surface area contributed by atoms with E-state index in [4.69, 9.17) is 5.73 Å². The summed E-state index contributed by atoms with van der Waals surface area (Å²) in [7, 11) is 0. The zero-order valence-electron chi connectivity index (χ0n) is 6.71. The average molecular weight is 177 g/mol. The zero-order chi connectivity index (χ0) is 9.26. The van der Waals surface area contributed by atoms with Gasteiger partial charge in [0, 0.05) is 12.4 Å². The van der Waals surface area contributed by atoms with Crippen LogP contribution in [0, 0.1) is 0 Å². The molecule has 2 heterocycles. The SMILES string of the molecule is NCC(=O)c1nnc2ncccn12. The number of Topliss-reactive ketones (excluding diaryl/α,β-unsaturated/α-hetero) is 1. The van der Waals surface area contributed by atoms with Gasteiger partial charge < -0.3 is 5.73 Å². The summed E-state index contributed by atoms with van der Waals surface area (Å²) in [5.41, 5.74) is 5.20.